The minimum Gasteiger partial charge on any atom is -0.466 e. The number of rotatable bonds is 5. The molecule has 1 aliphatic rings. The second-order valence-corrected chi connectivity index (χ2v) is 7.54. The molecule has 0 bridgehead atoms. The van der Waals surface area contributed by atoms with Crippen LogP contribution in [0.1, 0.15) is 41.8 Å². The molecule has 0 radical (unpaired) electrons. The maximum Gasteiger partial charge on any atom is 0.252 e. The zero-order valence-corrected chi connectivity index (χ0v) is 16.2. The van der Waals surface area contributed by atoms with Crippen molar-refractivity contribution in [2.75, 3.05) is 19.6 Å². The quantitative estimate of drug-likeness (QED) is 0.724. The lowest BCUT2D eigenvalue weighted by atomic mass is 10.0. The number of fused-ring (bicyclic) bond motifs is 1. The van der Waals surface area contributed by atoms with Gasteiger partial charge in [0.15, 0.2) is 5.65 Å². The van der Waals surface area contributed by atoms with E-state index in [9.17, 15) is 4.79 Å². The minimum absolute atomic E-state index is 0.0864. The van der Waals surface area contributed by atoms with E-state index < -0.39 is 0 Å². The molecule has 0 unspecified atom stereocenters. The van der Waals surface area contributed by atoms with Gasteiger partial charge in [-0.05, 0) is 39.8 Å². The highest BCUT2D eigenvalue weighted by atomic mass is 16.3. The van der Waals surface area contributed by atoms with Crippen molar-refractivity contribution in [1.82, 2.24) is 25.4 Å². The Labute approximate surface area is 158 Å². The summed E-state index contributed by atoms with van der Waals surface area (Å²) in [5.41, 5.74) is 2.96. The Hall–Kier alpha value is -2.67. The number of carbonyl (C=O) groups is 1. The van der Waals surface area contributed by atoms with E-state index in [0.29, 0.717) is 18.0 Å². The third kappa shape index (κ3) is 3.23. The van der Waals surface area contributed by atoms with Gasteiger partial charge in [-0.2, -0.15) is 5.10 Å². The van der Waals surface area contributed by atoms with Crippen LogP contribution >= 0.6 is 0 Å². The first-order valence-corrected chi connectivity index (χ1v) is 9.38. The number of aromatic nitrogens is 3. The molecule has 7 heteroatoms. The average Bonchev–Trinajstić information content (AvgIpc) is 3.15. The molecule has 2 N–H and O–H groups in total. The topological polar surface area (TPSA) is 85.0 Å². The van der Waals surface area contributed by atoms with E-state index in [2.05, 4.69) is 29.6 Å². The molecule has 1 amide bonds. The van der Waals surface area contributed by atoms with Gasteiger partial charge >= 0.3 is 0 Å². The summed E-state index contributed by atoms with van der Waals surface area (Å²) >= 11 is 0. The summed E-state index contributed by atoms with van der Waals surface area (Å²) in [6.45, 7) is 10.5. The molecular weight excluding hydrogens is 342 g/mol. The highest BCUT2D eigenvalue weighted by Crippen LogP contribution is 2.30. The minimum atomic E-state index is -0.0864. The molecule has 1 saturated heterocycles. The van der Waals surface area contributed by atoms with Gasteiger partial charge in [0.2, 0.25) is 0 Å². The van der Waals surface area contributed by atoms with Crippen LogP contribution in [-0.4, -0.2) is 40.3 Å². The molecule has 142 valence electrons. The molecule has 0 atom stereocenters. The van der Waals surface area contributed by atoms with Gasteiger partial charge in [-0.1, -0.05) is 0 Å². The molecule has 1 aliphatic heterocycles. The van der Waals surface area contributed by atoms with Crippen LogP contribution in [0.25, 0.3) is 22.3 Å². The molecule has 7 nitrogen and oxygen atoms in total. The largest absolute Gasteiger partial charge is 0.466 e. The summed E-state index contributed by atoms with van der Waals surface area (Å²) in [7, 11) is 0. The molecule has 4 heterocycles. The summed E-state index contributed by atoms with van der Waals surface area (Å²) in [5, 5.41) is 11.5. The summed E-state index contributed by atoms with van der Waals surface area (Å²) < 4.78 is 7.53. The van der Waals surface area contributed by atoms with Crippen molar-refractivity contribution in [3.8, 4) is 11.3 Å². The van der Waals surface area contributed by atoms with Crippen LogP contribution in [0.4, 0.5) is 0 Å². The molecule has 0 aromatic carbocycles. The molecule has 27 heavy (non-hydrogen) atoms. The molecular formula is C20H25N5O2. The number of hydrogen-bond donors (Lipinski definition) is 2. The van der Waals surface area contributed by atoms with Crippen LogP contribution in [0.3, 0.4) is 0 Å². The number of amides is 1. The lowest BCUT2D eigenvalue weighted by molar-refractivity contribution is 0.0944. The third-order valence-corrected chi connectivity index (χ3v) is 5.03. The number of nitrogens with zero attached hydrogens (tertiary/aromatic N) is 3. The zero-order valence-electron chi connectivity index (χ0n) is 16.2. The van der Waals surface area contributed by atoms with Gasteiger partial charge < -0.3 is 15.1 Å². The summed E-state index contributed by atoms with van der Waals surface area (Å²) in [6, 6.07) is 3.95. The molecule has 0 saturated carbocycles. The molecule has 0 aliphatic carbocycles. The number of hydrogen-bond acceptors (Lipinski definition) is 5. The normalized spacial score (nSPS) is 14.7. The lowest BCUT2D eigenvalue weighted by Gasteiger charge is -2.27. The summed E-state index contributed by atoms with van der Waals surface area (Å²) in [6.07, 6.45) is 1.74. The van der Waals surface area contributed by atoms with Crippen LogP contribution in [0.2, 0.25) is 0 Å². The fourth-order valence-electron chi connectivity index (χ4n) is 3.43. The van der Waals surface area contributed by atoms with Gasteiger partial charge in [-0.15, -0.1) is 0 Å². The van der Waals surface area contributed by atoms with Crippen molar-refractivity contribution in [1.29, 1.82) is 0 Å². The van der Waals surface area contributed by atoms with Crippen molar-refractivity contribution < 1.29 is 9.21 Å². The van der Waals surface area contributed by atoms with E-state index >= 15 is 0 Å². The Bertz CT molecular complexity index is 997. The van der Waals surface area contributed by atoms with Crippen LogP contribution in [-0.2, 0) is 0 Å². The maximum absolute atomic E-state index is 12.9. The predicted molar refractivity (Wildman–Crippen MR) is 104 cm³/mol. The summed E-state index contributed by atoms with van der Waals surface area (Å²) in [4.78, 5) is 17.8. The fraction of sp³-hybridized carbons (Fsp3) is 0.450. The number of nitrogens with one attached hydrogen (secondary N) is 2. The Morgan fingerprint density at radius 2 is 2.15 bits per heavy atom. The first kappa shape index (κ1) is 17.7. The summed E-state index contributed by atoms with van der Waals surface area (Å²) in [5.74, 6) is 2.03. The van der Waals surface area contributed by atoms with Gasteiger partial charge in [0.25, 0.3) is 5.91 Å². The molecule has 0 spiro atoms. The second kappa shape index (κ2) is 6.81. The van der Waals surface area contributed by atoms with Gasteiger partial charge in [-0.25, -0.2) is 9.67 Å². The Morgan fingerprint density at radius 3 is 2.74 bits per heavy atom. The first-order chi connectivity index (χ1) is 12.9. The zero-order chi connectivity index (χ0) is 19.1. The van der Waals surface area contributed by atoms with Crippen LogP contribution < -0.4 is 10.6 Å². The molecule has 4 rings (SSSR count). The van der Waals surface area contributed by atoms with Crippen molar-refractivity contribution in [3.63, 3.8) is 0 Å². The van der Waals surface area contributed by atoms with E-state index in [1.165, 1.54) is 0 Å². The Kier molecular flexibility index (Phi) is 4.47. The molecule has 3 aromatic heterocycles. The van der Waals surface area contributed by atoms with Gasteiger partial charge in [-0.3, -0.25) is 4.79 Å². The van der Waals surface area contributed by atoms with Crippen LogP contribution in [0, 0.1) is 19.8 Å². The monoisotopic (exact) mass is 367 g/mol. The lowest BCUT2D eigenvalue weighted by Crippen LogP contribution is -2.48. The molecule has 3 aromatic rings. The highest BCUT2D eigenvalue weighted by Gasteiger charge is 2.22. The van der Waals surface area contributed by atoms with Gasteiger partial charge in [0, 0.05) is 37.2 Å². The first-order valence-electron chi connectivity index (χ1n) is 9.38. The van der Waals surface area contributed by atoms with Gasteiger partial charge in [0.05, 0.1) is 22.8 Å². The van der Waals surface area contributed by atoms with Crippen molar-refractivity contribution in [3.05, 3.63) is 35.4 Å². The predicted octanol–water partition coefficient (Wildman–Crippen LogP) is 2.84. The second-order valence-electron chi connectivity index (χ2n) is 7.54. The number of pyridine rings is 1. The highest BCUT2D eigenvalue weighted by molar-refractivity contribution is 6.06. The number of carbonyl (C=O) groups excluding carboxylic acids is 1. The standard InChI is InChI=1S/C20H25N5O2/c1-11(2)25-19-17(10-23-25)16(20(26)22-9-14-7-21-8-14)6-18(24-19)15-5-12(3)27-13(15)4/h5-6,10-11,14,21H,7-9H2,1-4H3,(H,22,26). The number of aryl methyl sites for hydroxylation is 2. The Balaban J connectivity index is 1.80. The van der Waals surface area contributed by atoms with Crippen molar-refractivity contribution >= 4 is 16.9 Å². The van der Waals surface area contributed by atoms with E-state index in [1.54, 1.807) is 6.20 Å². The van der Waals surface area contributed by atoms with Crippen LogP contribution in [0.15, 0.2) is 22.7 Å². The third-order valence-electron chi connectivity index (χ3n) is 5.03. The van der Waals surface area contributed by atoms with Crippen molar-refractivity contribution in [2.45, 2.75) is 33.7 Å². The SMILES string of the molecule is Cc1cc(-c2cc(C(=O)NCC3CNC3)c3cnn(C(C)C)c3n2)c(C)o1. The van der Waals surface area contributed by atoms with E-state index in [-0.39, 0.29) is 11.9 Å². The Morgan fingerprint density at radius 1 is 1.37 bits per heavy atom. The van der Waals surface area contributed by atoms with E-state index in [4.69, 9.17) is 9.40 Å². The fourth-order valence-corrected chi connectivity index (χ4v) is 3.43. The molecule has 1 fully saturated rings. The smallest absolute Gasteiger partial charge is 0.252 e. The van der Waals surface area contributed by atoms with E-state index in [1.807, 2.05) is 30.7 Å². The van der Waals surface area contributed by atoms with E-state index in [0.717, 1.165) is 46.9 Å². The van der Waals surface area contributed by atoms with Crippen molar-refractivity contribution in [2.24, 2.45) is 5.92 Å². The van der Waals surface area contributed by atoms with Gasteiger partial charge in [0.1, 0.15) is 11.5 Å². The average molecular weight is 367 g/mol. The van der Waals surface area contributed by atoms with Crippen LogP contribution in [0.5, 0.6) is 0 Å². The maximum atomic E-state index is 12.9. The number of furan rings is 1.